The topological polar surface area (TPSA) is 49.4 Å². The van der Waals surface area contributed by atoms with Gasteiger partial charge in [-0.05, 0) is 12.1 Å². The van der Waals surface area contributed by atoms with Gasteiger partial charge in [-0.3, -0.25) is 0 Å². The predicted molar refractivity (Wildman–Crippen MR) is 50.7 cm³/mol. The maximum absolute atomic E-state index is 10.6. The van der Waals surface area contributed by atoms with Gasteiger partial charge in [-0.1, -0.05) is 24.3 Å². The minimum Gasteiger partial charge on any atom is -0.546 e. The molecule has 0 radical (unpaired) electrons. The van der Waals surface area contributed by atoms with Crippen molar-refractivity contribution in [3.05, 3.63) is 43.0 Å². The summed E-state index contributed by atoms with van der Waals surface area (Å²) in [7, 11) is 0. The molecule has 3 heteroatoms. The summed E-state index contributed by atoms with van der Waals surface area (Å²) in [5.41, 5.74) is 0. The van der Waals surface area contributed by atoms with Gasteiger partial charge in [0.2, 0.25) is 0 Å². The lowest BCUT2D eigenvalue weighted by atomic mass is 10.2. The molecule has 0 saturated heterocycles. The number of benzene rings is 1. The zero-order valence-corrected chi connectivity index (χ0v) is 7.68. The number of carboxylic acids is 1. The van der Waals surface area contributed by atoms with Gasteiger partial charge in [-0.25, -0.2) is 0 Å². The van der Waals surface area contributed by atoms with Crippen molar-refractivity contribution in [3.63, 3.8) is 0 Å². The van der Waals surface area contributed by atoms with E-state index in [0.29, 0.717) is 5.75 Å². The minimum absolute atomic E-state index is 0.233. The lowest BCUT2D eigenvalue weighted by Gasteiger charge is -2.18. The van der Waals surface area contributed by atoms with Crippen molar-refractivity contribution >= 4 is 5.97 Å². The number of aliphatic carboxylic acids is 1. The highest BCUT2D eigenvalue weighted by atomic mass is 16.5. The molecule has 0 spiro atoms. The summed E-state index contributed by atoms with van der Waals surface area (Å²) in [4.78, 5) is 10.6. The second kappa shape index (κ2) is 5.07. The lowest BCUT2D eigenvalue weighted by molar-refractivity contribution is -0.313. The van der Waals surface area contributed by atoms with Crippen LogP contribution < -0.4 is 9.84 Å². The monoisotopic (exact) mass is 191 g/mol. The molecule has 0 aliphatic rings. The van der Waals surface area contributed by atoms with Crippen LogP contribution in [-0.4, -0.2) is 12.1 Å². The molecule has 0 heterocycles. The number of carbonyl (C=O) groups excluding carboxylic acids is 1. The van der Waals surface area contributed by atoms with Gasteiger partial charge in [0.1, 0.15) is 11.9 Å². The van der Waals surface area contributed by atoms with Gasteiger partial charge in [-0.2, -0.15) is 0 Å². The van der Waals surface area contributed by atoms with Gasteiger partial charge < -0.3 is 14.6 Å². The summed E-state index contributed by atoms with van der Waals surface area (Å²) in [6, 6.07) is 8.76. The van der Waals surface area contributed by atoms with E-state index in [1.807, 2.05) is 6.07 Å². The van der Waals surface area contributed by atoms with E-state index in [4.69, 9.17) is 4.74 Å². The minimum atomic E-state index is -1.23. The van der Waals surface area contributed by atoms with Crippen LogP contribution in [0.15, 0.2) is 43.0 Å². The fraction of sp³-hybridized carbons (Fsp3) is 0.182. The highest BCUT2D eigenvalue weighted by molar-refractivity contribution is 5.70. The average Bonchev–Trinajstić information content (AvgIpc) is 2.18. The van der Waals surface area contributed by atoms with Crippen LogP contribution in [0.2, 0.25) is 0 Å². The molecule has 14 heavy (non-hydrogen) atoms. The Kier molecular flexibility index (Phi) is 3.73. The van der Waals surface area contributed by atoms with E-state index < -0.39 is 12.1 Å². The van der Waals surface area contributed by atoms with Gasteiger partial charge >= 0.3 is 0 Å². The molecule has 0 aliphatic heterocycles. The Morgan fingerprint density at radius 1 is 1.50 bits per heavy atom. The third kappa shape index (κ3) is 2.94. The van der Waals surface area contributed by atoms with Gasteiger partial charge in [0.25, 0.3) is 0 Å². The fourth-order valence-corrected chi connectivity index (χ4v) is 1.01. The second-order valence-corrected chi connectivity index (χ2v) is 2.76. The van der Waals surface area contributed by atoms with E-state index in [9.17, 15) is 9.90 Å². The fourth-order valence-electron chi connectivity index (χ4n) is 1.01. The first-order chi connectivity index (χ1) is 6.74. The zero-order valence-electron chi connectivity index (χ0n) is 7.68. The molecule has 0 aliphatic carbocycles. The van der Waals surface area contributed by atoms with Crippen LogP contribution >= 0.6 is 0 Å². The van der Waals surface area contributed by atoms with Crippen molar-refractivity contribution in [2.45, 2.75) is 12.5 Å². The Hall–Kier alpha value is -1.77. The Morgan fingerprint density at radius 2 is 2.14 bits per heavy atom. The molecular formula is C11H11O3-. The number of rotatable bonds is 5. The number of carbonyl (C=O) groups is 1. The van der Waals surface area contributed by atoms with Crippen molar-refractivity contribution in [2.24, 2.45) is 0 Å². The summed E-state index contributed by atoms with van der Waals surface area (Å²) >= 11 is 0. The number of para-hydroxylation sites is 1. The summed E-state index contributed by atoms with van der Waals surface area (Å²) in [6.45, 7) is 3.45. The first-order valence-corrected chi connectivity index (χ1v) is 4.27. The van der Waals surface area contributed by atoms with Gasteiger partial charge in [0.05, 0.1) is 5.97 Å². The second-order valence-electron chi connectivity index (χ2n) is 2.76. The number of hydrogen-bond acceptors (Lipinski definition) is 3. The Morgan fingerprint density at radius 3 is 2.64 bits per heavy atom. The maximum Gasteiger partial charge on any atom is 0.141 e. The van der Waals surface area contributed by atoms with Crippen molar-refractivity contribution in [3.8, 4) is 5.75 Å². The van der Waals surface area contributed by atoms with Crippen LogP contribution in [-0.2, 0) is 4.79 Å². The van der Waals surface area contributed by atoms with E-state index in [0.717, 1.165) is 0 Å². The normalized spacial score (nSPS) is 11.7. The summed E-state index contributed by atoms with van der Waals surface area (Å²) in [6.07, 6.45) is 0.760. The predicted octanol–water partition coefficient (Wildman–Crippen LogP) is 0.760. The first-order valence-electron chi connectivity index (χ1n) is 4.27. The highest BCUT2D eigenvalue weighted by Crippen LogP contribution is 2.12. The number of ether oxygens (including phenoxy) is 1. The molecule has 0 fully saturated rings. The molecule has 0 saturated carbocycles. The average molecular weight is 191 g/mol. The van der Waals surface area contributed by atoms with E-state index in [1.54, 1.807) is 24.3 Å². The molecule has 0 amide bonds. The summed E-state index contributed by atoms with van der Waals surface area (Å²) in [5, 5.41) is 10.6. The van der Waals surface area contributed by atoms with Gasteiger partial charge in [-0.15, -0.1) is 6.58 Å². The lowest BCUT2D eigenvalue weighted by Crippen LogP contribution is -2.39. The van der Waals surface area contributed by atoms with Crippen LogP contribution in [0.5, 0.6) is 5.75 Å². The molecule has 0 N–H and O–H groups in total. The molecule has 1 unspecified atom stereocenters. The third-order valence-electron chi connectivity index (χ3n) is 1.67. The van der Waals surface area contributed by atoms with Crippen molar-refractivity contribution in [2.75, 3.05) is 0 Å². The summed E-state index contributed by atoms with van der Waals surface area (Å²) < 4.78 is 5.18. The van der Waals surface area contributed by atoms with Gasteiger partial charge in [0, 0.05) is 6.42 Å². The van der Waals surface area contributed by atoms with Gasteiger partial charge in [0.15, 0.2) is 0 Å². The van der Waals surface area contributed by atoms with Crippen LogP contribution in [0.1, 0.15) is 6.42 Å². The molecule has 1 aromatic carbocycles. The molecule has 0 bridgehead atoms. The van der Waals surface area contributed by atoms with Crippen LogP contribution in [0.25, 0.3) is 0 Å². The Labute approximate surface area is 82.6 Å². The van der Waals surface area contributed by atoms with Crippen LogP contribution in [0, 0.1) is 0 Å². The largest absolute Gasteiger partial charge is 0.546 e. The third-order valence-corrected chi connectivity index (χ3v) is 1.67. The maximum atomic E-state index is 10.6. The van der Waals surface area contributed by atoms with E-state index >= 15 is 0 Å². The van der Waals surface area contributed by atoms with Crippen molar-refractivity contribution in [1.82, 2.24) is 0 Å². The van der Waals surface area contributed by atoms with Crippen LogP contribution in [0.3, 0.4) is 0 Å². The first kappa shape index (κ1) is 10.3. The quantitative estimate of drug-likeness (QED) is 0.645. The Balaban J connectivity index is 2.64. The molecule has 1 aromatic rings. The highest BCUT2D eigenvalue weighted by Gasteiger charge is 2.08. The zero-order chi connectivity index (χ0) is 10.4. The smallest absolute Gasteiger partial charge is 0.141 e. The SMILES string of the molecule is C=CCC(Oc1ccccc1)C(=O)[O-]. The molecule has 3 nitrogen and oxygen atoms in total. The van der Waals surface area contributed by atoms with Crippen molar-refractivity contribution < 1.29 is 14.6 Å². The van der Waals surface area contributed by atoms with E-state index in [-0.39, 0.29) is 6.42 Å². The summed E-state index contributed by atoms with van der Waals surface area (Å²) in [5.74, 6) is -0.711. The van der Waals surface area contributed by atoms with Crippen molar-refractivity contribution in [1.29, 1.82) is 0 Å². The molecule has 0 aromatic heterocycles. The molecule has 1 rings (SSSR count). The number of carboxylic acid groups (broad SMARTS) is 1. The molecule has 1 atom stereocenters. The number of hydrogen-bond donors (Lipinski definition) is 0. The Bertz CT molecular complexity index is 306. The van der Waals surface area contributed by atoms with Crippen LogP contribution in [0.4, 0.5) is 0 Å². The molecule has 74 valence electrons. The van der Waals surface area contributed by atoms with E-state index in [2.05, 4.69) is 6.58 Å². The van der Waals surface area contributed by atoms with E-state index in [1.165, 1.54) is 6.08 Å². The molecular weight excluding hydrogens is 180 g/mol. The standard InChI is InChI=1S/C11H12O3/c1-2-6-10(11(12)13)14-9-7-4-3-5-8-9/h2-5,7-8,10H,1,6H2,(H,12,13)/p-1.